The van der Waals surface area contributed by atoms with Gasteiger partial charge in [0.1, 0.15) is 6.04 Å². The van der Waals surface area contributed by atoms with Gasteiger partial charge in [0.15, 0.2) is 11.6 Å². The van der Waals surface area contributed by atoms with E-state index in [9.17, 15) is 9.59 Å². The van der Waals surface area contributed by atoms with Gasteiger partial charge in [-0.3, -0.25) is 14.6 Å². The number of halogens is 1. The number of hydrogen-bond acceptors (Lipinski definition) is 5. The fourth-order valence-corrected chi connectivity index (χ4v) is 6.59. The maximum atomic E-state index is 14.0. The topological polar surface area (TPSA) is 60.0 Å². The average Bonchev–Trinajstić information content (AvgIpc) is 3.50. The van der Waals surface area contributed by atoms with E-state index in [-0.39, 0.29) is 23.9 Å². The number of carbonyl (C=O) groups is 2. The van der Waals surface area contributed by atoms with Crippen molar-refractivity contribution >= 4 is 46.4 Å². The first-order valence-corrected chi connectivity index (χ1v) is 13.6. The molecule has 37 heavy (non-hydrogen) atoms. The van der Waals surface area contributed by atoms with Crippen molar-refractivity contribution in [2.24, 2.45) is 0 Å². The number of hydrazine groups is 1. The minimum atomic E-state index is -0.554. The minimum absolute atomic E-state index is 0.0889. The van der Waals surface area contributed by atoms with E-state index < -0.39 is 5.54 Å². The number of amides is 2. The molecule has 2 aromatic rings. The Bertz CT molecular complexity index is 1320. The molecule has 8 heteroatoms. The third-order valence-corrected chi connectivity index (χ3v) is 8.58. The van der Waals surface area contributed by atoms with Crippen LogP contribution in [0.2, 0.25) is 5.02 Å². The van der Waals surface area contributed by atoms with Gasteiger partial charge in [-0.2, -0.15) is 5.01 Å². The van der Waals surface area contributed by atoms with Crippen molar-refractivity contribution in [3.05, 3.63) is 65.2 Å². The van der Waals surface area contributed by atoms with Crippen LogP contribution in [-0.2, 0) is 9.59 Å². The summed E-state index contributed by atoms with van der Waals surface area (Å²) in [6, 6.07) is 11.4. The van der Waals surface area contributed by atoms with Crippen LogP contribution in [0.1, 0.15) is 52.9 Å². The Morgan fingerprint density at radius 1 is 1.08 bits per heavy atom. The Morgan fingerprint density at radius 3 is 2.51 bits per heavy atom. The number of hydrogen-bond donors (Lipinski definition) is 0. The third-order valence-electron chi connectivity index (χ3n) is 8.32. The van der Waals surface area contributed by atoms with Gasteiger partial charge in [-0.15, -0.1) is 0 Å². The molecule has 1 aromatic carbocycles. The molecule has 7 nitrogen and oxygen atoms in total. The second kappa shape index (κ2) is 8.91. The Labute approximate surface area is 223 Å². The summed E-state index contributed by atoms with van der Waals surface area (Å²) in [5.74, 6) is 1.35. The molecule has 2 fully saturated rings. The Hall–Kier alpha value is -3.32. The van der Waals surface area contributed by atoms with Crippen LogP contribution in [0.15, 0.2) is 60.2 Å². The van der Waals surface area contributed by atoms with Crippen LogP contribution < -0.4 is 19.8 Å². The molecule has 1 saturated carbocycles. The predicted octanol–water partition coefficient (Wildman–Crippen LogP) is 5.65. The third kappa shape index (κ3) is 3.58. The number of fused-ring (bicyclic) bond motifs is 2. The lowest BCUT2D eigenvalue weighted by atomic mass is 9.85. The Balaban J connectivity index is 1.51. The summed E-state index contributed by atoms with van der Waals surface area (Å²) in [5.41, 5.74) is 1.86. The number of anilines is 4. The molecule has 0 bridgehead atoms. The molecule has 0 radical (unpaired) electrons. The summed E-state index contributed by atoms with van der Waals surface area (Å²) < 4.78 is 0. The summed E-state index contributed by atoms with van der Waals surface area (Å²) >= 11 is 6.21. The van der Waals surface area contributed by atoms with Crippen LogP contribution in [-0.4, -0.2) is 41.0 Å². The molecule has 2 atom stereocenters. The molecule has 3 heterocycles. The lowest BCUT2D eigenvalue weighted by Crippen LogP contribution is -2.55. The first-order chi connectivity index (χ1) is 17.8. The molecule has 2 aliphatic carbocycles. The molecule has 0 spiro atoms. The van der Waals surface area contributed by atoms with E-state index in [1.165, 1.54) is 0 Å². The van der Waals surface area contributed by atoms with Gasteiger partial charge in [-0.05, 0) is 76.4 Å². The van der Waals surface area contributed by atoms with E-state index in [1.807, 2.05) is 72.3 Å². The van der Waals surface area contributed by atoms with Crippen LogP contribution >= 0.6 is 11.6 Å². The van der Waals surface area contributed by atoms with Crippen LogP contribution in [0.25, 0.3) is 0 Å². The number of rotatable bonds is 4. The van der Waals surface area contributed by atoms with Gasteiger partial charge in [-0.1, -0.05) is 42.7 Å². The molecule has 1 saturated heterocycles. The van der Waals surface area contributed by atoms with E-state index in [4.69, 9.17) is 16.6 Å². The number of allylic oxidation sites excluding steroid dienone is 2. The number of likely N-dealkylation sites (N-methyl/N-ethyl adjacent to an activating group) is 1. The molecule has 192 valence electrons. The highest BCUT2D eigenvalue weighted by Crippen LogP contribution is 2.47. The molecular formula is C29H32ClN5O2. The summed E-state index contributed by atoms with van der Waals surface area (Å²) in [4.78, 5) is 36.5. The lowest BCUT2D eigenvalue weighted by Gasteiger charge is -2.44. The molecular weight excluding hydrogens is 486 g/mol. The quantitative estimate of drug-likeness (QED) is 0.524. The Kier molecular flexibility index (Phi) is 5.79. The van der Waals surface area contributed by atoms with Gasteiger partial charge in [0.25, 0.3) is 5.91 Å². The van der Waals surface area contributed by atoms with E-state index >= 15 is 0 Å². The first kappa shape index (κ1) is 24.0. The van der Waals surface area contributed by atoms with E-state index in [1.54, 1.807) is 5.01 Å². The molecule has 6 rings (SSSR count). The highest BCUT2D eigenvalue weighted by Gasteiger charge is 2.53. The van der Waals surface area contributed by atoms with Crippen molar-refractivity contribution in [2.75, 3.05) is 26.4 Å². The maximum Gasteiger partial charge on any atom is 0.276 e. The zero-order valence-electron chi connectivity index (χ0n) is 21.5. The number of benzene rings is 1. The zero-order chi connectivity index (χ0) is 25.9. The van der Waals surface area contributed by atoms with Crippen molar-refractivity contribution in [2.45, 2.75) is 70.5 Å². The summed E-state index contributed by atoms with van der Waals surface area (Å²) in [5, 5.41) is 4.39. The first-order valence-electron chi connectivity index (χ1n) is 13.2. The van der Waals surface area contributed by atoms with Gasteiger partial charge in [0.05, 0.1) is 16.9 Å². The van der Waals surface area contributed by atoms with Crippen molar-refractivity contribution in [1.29, 1.82) is 0 Å². The van der Waals surface area contributed by atoms with E-state index in [2.05, 4.69) is 17.9 Å². The summed E-state index contributed by atoms with van der Waals surface area (Å²) in [6.07, 6.45) is 11.1. The minimum Gasteiger partial charge on any atom is -0.340 e. The standard InChI is InChI=1S/C29H32ClN5O2/c1-4-32-24-16-17-25(31-26(24)33(19(2)27(32)36)21-9-5-6-10-21)34-28(37)23-11-7-8-18-29(23,3)35(34)22-14-12-20(30)13-15-22/h7-8,11-17,19,21H,4-6,9-10,18H2,1-3H3. The Morgan fingerprint density at radius 2 is 1.81 bits per heavy atom. The highest BCUT2D eigenvalue weighted by molar-refractivity contribution is 6.30. The van der Waals surface area contributed by atoms with Gasteiger partial charge in [-0.25, -0.2) is 4.98 Å². The second-order valence-electron chi connectivity index (χ2n) is 10.5. The van der Waals surface area contributed by atoms with Gasteiger partial charge in [0, 0.05) is 23.2 Å². The molecule has 0 N–H and O–H groups in total. The fraction of sp³-hybridized carbons (Fsp3) is 0.414. The molecule has 4 aliphatic rings. The van der Waals surface area contributed by atoms with Crippen molar-refractivity contribution in [3.8, 4) is 0 Å². The molecule has 2 amide bonds. The monoisotopic (exact) mass is 517 g/mol. The van der Waals surface area contributed by atoms with Crippen LogP contribution in [0.3, 0.4) is 0 Å². The van der Waals surface area contributed by atoms with Crippen LogP contribution in [0.5, 0.6) is 0 Å². The number of nitrogens with zero attached hydrogens (tertiary/aromatic N) is 5. The van der Waals surface area contributed by atoms with Gasteiger partial charge in [0.2, 0.25) is 5.91 Å². The highest BCUT2D eigenvalue weighted by atomic mass is 35.5. The number of aromatic nitrogens is 1. The number of carbonyl (C=O) groups excluding carboxylic acids is 2. The molecule has 2 unspecified atom stereocenters. The normalized spacial score (nSPS) is 25.6. The van der Waals surface area contributed by atoms with Gasteiger partial charge >= 0.3 is 0 Å². The van der Waals surface area contributed by atoms with Crippen LogP contribution in [0.4, 0.5) is 23.0 Å². The molecule has 2 aliphatic heterocycles. The molecule has 1 aromatic heterocycles. The SMILES string of the molecule is CCN1C(=O)C(C)N(C2CCCC2)c2nc(N3C(=O)C4=CC=CCC4(C)N3c3ccc(Cl)cc3)ccc21. The van der Waals surface area contributed by atoms with E-state index in [0.717, 1.165) is 48.4 Å². The zero-order valence-corrected chi connectivity index (χ0v) is 22.3. The van der Waals surface area contributed by atoms with E-state index in [0.29, 0.717) is 23.8 Å². The summed E-state index contributed by atoms with van der Waals surface area (Å²) in [7, 11) is 0. The predicted molar refractivity (Wildman–Crippen MR) is 148 cm³/mol. The maximum absolute atomic E-state index is 14.0. The average molecular weight is 518 g/mol. The van der Waals surface area contributed by atoms with Crippen molar-refractivity contribution < 1.29 is 9.59 Å². The lowest BCUT2D eigenvalue weighted by molar-refractivity contribution is -0.120. The largest absolute Gasteiger partial charge is 0.340 e. The fourth-order valence-electron chi connectivity index (χ4n) is 6.46. The van der Waals surface area contributed by atoms with Crippen LogP contribution in [0, 0.1) is 0 Å². The van der Waals surface area contributed by atoms with Crippen molar-refractivity contribution in [1.82, 2.24) is 4.98 Å². The number of pyridine rings is 1. The summed E-state index contributed by atoms with van der Waals surface area (Å²) in [6.45, 7) is 6.64. The smallest absolute Gasteiger partial charge is 0.276 e. The van der Waals surface area contributed by atoms with Crippen molar-refractivity contribution in [3.63, 3.8) is 0 Å². The van der Waals surface area contributed by atoms with Gasteiger partial charge < -0.3 is 9.80 Å². The second-order valence-corrected chi connectivity index (χ2v) is 10.9.